The molecule has 1 aliphatic heterocycles. The van der Waals surface area contributed by atoms with Crippen LogP contribution >= 0.6 is 0 Å². The minimum atomic E-state index is -0.179. The Kier molecular flexibility index (Phi) is 3.53. The van der Waals surface area contributed by atoms with E-state index in [-0.39, 0.29) is 18.1 Å². The Morgan fingerprint density at radius 2 is 2.21 bits per heavy atom. The van der Waals surface area contributed by atoms with Gasteiger partial charge in [-0.2, -0.15) is 5.10 Å². The molecule has 3 aromatic heterocycles. The molecular weight excluding hydrogens is 308 g/mol. The molecule has 24 heavy (non-hydrogen) atoms. The summed E-state index contributed by atoms with van der Waals surface area (Å²) in [6.45, 7) is 2.47. The summed E-state index contributed by atoms with van der Waals surface area (Å²) in [7, 11) is 1.87. The second-order valence-corrected chi connectivity index (χ2v) is 5.93. The predicted octanol–water partition coefficient (Wildman–Crippen LogP) is 1.03. The molecule has 0 aliphatic carbocycles. The van der Waals surface area contributed by atoms with Crippen LogP contribution in [0.4, 0.5) is 0 Å². The van der Waals surface area contributed by atoms with Gasteiger partial charge in [-0.3, -0.25) is 13.9 Å². The molecule has 0 unspecified atom stereocenters. The van der Waals surface area contributed by atoms with E-state index in [2.05, 4.69) is 20.6 Å². The van der Waals surface area contributed by atoms with E-state index in [1.807, 2.05) is 20.0 Å². The van der Waals surface area contributed by atoms with Gasteiger partial charge in [0.2, 0.25) is 0 Å². The first-order valence-electron chi connectivity index (χ1n) is 7.85. The van der Waals surface area contributed by atoms with Crippen LogP contribution in [0.2, 0.25) is 0 Å². The molecule has 0 aromatic carbocycles. The van der Waals surface area contributed by atoms with E-state index in [9.17, 15) is 4.79 Å². The van der Waals surface area contributed by atoms with Crippen molar-refractivity contribution < 1.29 is 9.53 Å². The molecule has 2 atom stereocenters. The monoisotopic (exact) mass is 326 g/mol. The Balaban J connectivity index is 1.56. The second-order valence-electron chi connectivity index (χ2n) is 5.93. The number of nitrogens with one attached hydrogen (secondary N) is 1. The normalized spacial score (nSPS) is 20.6. The van der Waals surface area contributed by atoms with Gasteiger partial charge < -0.3 is 10.1 Å². The summed E-state index contributed by atoms with van der Waals surface area (Å²) in [5.41, 5.74) is 2.25. The maximum atomic E-state index is 12.6. The van der Waals surface area contributed by atoms with E-state index in [0.29, 0.717) is 12.2 Å². The van der Waals surface area contributed by atoms with E-state index in [1.54, 1.807) is 33.6 Å². The fourth-order valence-electron chi connectivity index (χ4n) is 3.08. The number of ether oxygens (including phenoxy) is 1. The van der Waals surface area contributed by atoms with Gasteiger partial charge >= 0.3 is 0 Å². The molecule has 0 saturated carbocycles. The van der Waals surface area contributed by atoms with Crippen LogP contribution in [0, 0.1) is 6.92 Å². The van der Waals surface area contributed by atoms with Crippen LogP contribution in [-0.2, 0) is 11.8 Å². The molecule has 4 rings (SSSR count). The fraction of sp³-hybridized carbons (Fsp3) is 0.375. The van der Waals surface area contributed by atoms with Gasteiger partial charge in [0, 0.05) is 26.0 Å². The fourth-order valence-corrected chi connectivity index (χ4v) is 3.08. The van der Waals surface area contributed by atoms with Gasteiger partial charge in [-0.05, 0) is 31.5 Å². The Morgan fingerprint density at radius 1 is 1.33 bits per heavy atom. The summed E-state index contributed by atoms with van der Waals surface area (Å²) in [6, 6.07) is 5.39. The van der Waals surface area contributed by atoms with Crippen LogP contribution in [0.3, 0.4) is 0 Å². The van der Waals surface area contributed by atoms with Crippen molar-refractivity contribution >= 4 is 11.6 Å². The van der Waals surface area contributed by atoms with Crippen LogP contribution < -0.4 is 5.32 Å². The van der Waals surface area contributed by atoms with Gasteiger partial charge in [-0.15, -0.1) is 10.2 Å². The topological polar surface area (TPSA) is 86.3 Å². The van der Waals surface area contributed by atoms with Crippen molar-refractivity contribution in [3.8, 4) is 0 Å². The van der Waals surface area contributed by atoms with Crippen molar-refractivity contribution in [1.29, 1.82) is 0 Å². The molecule has 0 bridgehead atoms. The molecular formula is C16H18N6O2. The van der Waals surface area contributed by atoms with Crippen molar-refractivity contribution in [2.75, 3.05) is 6.61 Å². The average molecular weight is 326 g/mol. The van der Waals surface area contributed by atoms with E-state index < -0.39 is 0 Å². The zero-order chi connectivity index (χ0) is 16.7. The Hall–Kier alpha value is -2.74. The Bertz CT molecular complexity index is 899. The Morgan fingerprint density at radius 3 is 3.00 bits per heavy atom. The lowest BCUT2D eigenvalue weighted by Crippen LogP contribution is -2.37. The second kappa shape index (κ2) is 5.72. The molecule has 1 amide bonds. The number of amides is 1. The highest BCUT2D eigenvalue weighted by atomic mass is 16.5. The highest BCUT2D eigenvalue weighted by Gasteiger charge is 2.33. The van der Waals surface area contributed by atoms with Gasteiger partial charge in [-0.25, -0.2) is 0 Å². The molecule has 8 heteroatoms. The molecule has 0 spiro atoms. The third-order valence-electron chi connectivity index (χ3n) is 4.39. The number of rotatable bonds is 3. The summed E-state index contributed by atoms with van der Waals surface area (Å²) >= 11 is 0. The number of hydrogen-bond acceptors (Lipinski definition) is 5. The van der Waals surface area contributed by atoms with Gasteiger partial charge in [0.1, 0.15) is 11.9 Å². The van der Waals surface area contributed by atoms with Crippen LogP contribution in [0.1, 0.15) is 34.4 Å². The molecule has 3 aromatic rings. The molecule has 1 N–H and O–H groups in total. The first-order valence-corrected chi connectivity index (χ1v) is 7.85. The lowest BCUT2D eigenvalue weighted by molar-refractivity contribution is 0.0792. The minimum Gasteiger partial charge on any atom is -0.370 e. The number of fused-ring (bicyclic) bond motifs is 1. The maximum absolute atomic E-state index is 12.6. The highest BCUT2D eigenvalue weighted by molar-refractivity contribution is 5.94. The van der Waals surface area contributed by atoms with Crippen molar-refractivity contribution in [3.63, 3.8) is 0 Å². The van der Waals surface area contributed by atoms with Crippen molar-refractivity contribution in [1.82, 2.24) is 29.7 Å². The molecule has 1 fully saturated rings. The molecule has 1 aliphatic rings. The summed E-state index contributed by atoms with van der Waals surface area (Å²) < 4.78 is 9.39. The quantitative estimate of drug-likeness (QED) is 0.777. The van der Waals surface area contributed by atoms with Gasteiger partial charge in [0.05, 0.1) is 17.3 Å². The summed E-state index contributed by atoms with van der Waals surface area (Å²) in [6.07, 6.45) is 4.09. The van der Waals surface area contributed by atoms with Gasteiger partial charge in [-0.1, -0.05) is 0 Å². The summed E-state index contributed by atoms with van der Waals surface area (Å²) in [5, 5.41) is 15.3. The SMILES string of the molecule is Cc1nnc2ccc(C(=O)N[C@H]3CCO[C@@H]3c3ccnn3C)cn12. The van der Waals surface area contributed by atoms with E-state index in [0.717, 1.165) is 23.6 Å². The molecule has 0 radical (unpaired) electrons. The number of nitrogens with zero attached hydrogens (tertiary/aromatic N) is 5. The number of carbonyl (C=O) groups excluding carboxylic acids is 1. The lowest BCUT2D eigenvalue weighted by Gasteiger charge is -2.20. The highest BCUT2D eigenvalue weighted by Crippen LogP contribution is 2.28. The standard InChI is InChI=1S/C16H18N6O2/c1-10-19-20-14-4-3-11(9-22(10)14)16(23)18-12-6-8-24-15(12)13-5-7-17-21(13)2/h3-5,7,9,12,15H,6,8H2,1-2H3,(H,18,23)/t12-,15-/m0/s1. The maximum Gasteiger partial charge on any atom is 0.253 e. The molecule has 1 saturated heterocycles. The largest absolute Gasteiger partial charge is 0.370 e. The molecule has 4 heterocycles. The van der Waals surface area contributed by atoms with Crippen LogP contribution in [0.5, 0.6) is 0 Å². The summed E-state index contributed by atoms with van der Waals surface area (Å²) in [5.74, 6) is 0.615. The van der Waals surface area contributed by atoms with Crippen molar-refractivity contribution in [2.24, 2.45) is 7.05 Å². The zero-order valence-corrected chi connectivity index (χ0v) is 13.5. The van der Waals surface area contributed by atoms with Crippen molar-refractivity contribution in [3.05, 3.63) is 47.7 Å². The minimum absolute atomic E-state index is 0.0781. The number of carbonyl (C=O) groups is 1. The molecule has 8 nitrogen and oxygen atoms in total. The Labute approximate surface area is 138 Å². The zero-order valence-electron chi connectivity index (χ0n) is 13.5. The third kappa shape index (κ3) is 2.44. The van der Waals surface area contributed by atoms with Crippen molar-refractivity contribution in [2.45, 2.75) is 25.5 Å². The first-order chi connectivity index (χ1) is 11.6. The van der Waals surface area contributed by atoms with E-state index in [1.165, 1.54) is 0 Å². The number of aryl methyl sites for hydroxylation is 2. The van der Waals surface area contributed by atoms with E-state index in [4.69, 9.17) is 4.74 Å². The van der Waals surface area contributed by atoms with Crippen LogP contribution in [0.25, 0.3) is 5.65 Å². The predicted molar refractivity (Wildman–Crippen MR) is 85.5 cm³/mol. The lowest BCUT2D eigenvalue weighted by atomic mass is 10.1. The third-order valence-corrected chi connectivity index (χ3v) is 4.39. The number of aromatic nitrogens is 5. The van der Waals surface area contributed by atoms with Gasteiger partial charge in [0.25, 0.3) is 5.91 Å². The van der Waals surface area contributed by atoms with E-state index >= 15 is 0 Å². The number of pyridine rings is 1. The van der Waals surface area contributed by atoms with Crippen LogP contribution in [-0.4, -0.2) is 42.9 Å². The molecule has 124 valence electrons. The summed E-state index contributed by atoms with van der Waals surface area (Å²) in [4.78, 5) is 12.6. The van der Waals surface area contributed by atoms with Crippen LogP contribution in [0.15, 0.2) is 30.6 Å². The average Bonchev–Trinajstić information content (AvgIpc) is 3.28. The van der Waals surface area contributed by atoms with Gasteiger partial charge in [0.15, 0.2) is 5.65 Å². The number of hydrogen-bond donors (Lipinski definition) is 1. The smallest absolute Gasteiger partial charge is 0.253 e. The first kappa shape index (κ1) is 14.8.